The molecule has 0 saturated heterocycles. The highest BCUT2D eigenvalue weighted by Crippen LogP contribution is 2.01. The maximum atomic E-state index is 11.4. The largest absolute Gasteiger partial charge is 0.345 e. The topological polar surface area (TPSA) is 112 Å². The van der Waals surface area contributed by atoms with E-state index in [1.54, 1.807) is 6.20 Å². The second-order valence-electron chi connectivity index (χ2n) is 2.94. The first-order chi connectivity index (χ1) is 7.27. The molecule has 78 valence electrons. The number of aromatic amines is 2. The van der Waals surface area contributed by atoms with Gasteiger partial charge in [0.15, 0.2) is 0 Å². The molecule has 8 heteroatoms. The Balaban J connectivity index is 1.95. The molecule has 0 aliphatic heterocycles. The van der Waals surface area contributed by atoms with Gasteiger partial charge in [0.2, 0.25) is 0 Å². The first kappa shape index (κ1) is 9.31. The molecule has 0 aliphatic carbocycles. The van der Waals surface area contributed by atoms with E-state index < -0.39 is 0 Å². The number of amides is 1. The summed E-state index contributed by atoms with van der Waals surface area (Å²) in [7, 11) is 0. The molecule has 0 unspecified atom stereocenters. The van der Waals surface area contributed by atoms with Crippen molar-refractivity contribution in [3.8, 4) is 0 Å². The van der Waals surface area contributed by atoms with Crippen molar-refractivity contribution in [2.75, 3.05) is 0 Å². The van der Waals surface area contributed by atoms with E-state index in [0.29, 0.717) is 6.54 Å². The van der Waals surface area contributed by atoms with Gasteiger partial charge in [0.25, 0.3) is 11.7 Å². The van der Waals surface area contributed by atoms with E-state index in [9.17, 15) is 4.79 Å². The van der Waals surface area contributed by atoms with Gasteiger partial charge in [0.1, 0.15) is 0 Å². The summed E-state index contributed by atoms with van der Waals surface area (Å²) in [6, 6.07) is 0. The SMILES string of the molecule is Cc1[nH]ncc1CNC(=O)c1nn[nH]n1. The molecule has 0 saturated carbocycles. The van der Waals surface area contributed by atoms with E-state index in [0.717, 1.165) is 11.3 Å². The minimum absolute atomic E-state index is 0.0242. The van der Waals surface area contributed by atoms with Crippen molar-refractivity contribution in [3.05, 3.63) is 23.3 Å². The van der Waals surface area contributed by atoms with Crippen LogP contribution in [0.5, 0.6) is 0 Å². The predicted molar refractivity (Wildman–Crippen MR) is 48.7 cm³/mol. The van der Waals surface area contributed by atoms with Crippen LogP contribution in [-0.4, -0.2) is 36.7 Å². The molecule has 0 radical (unpaired) electrons. The van der Waals surface area contributed by atoms with Crippen LogP contribution in [0.2, 0.25) is 0 Å². The van der Waals surface area contributed by atoms with Gasteiger partial charge in [0, 0.05) is 17.8 Å². The third kappa shape index (κ3) is 1.98. The lowest BCUT2D eigenvalue weighted by molar-refractivity contribution is 0.0940. The quantitative estimate of drug-likeness (QED) is 0.607. The highest BCUT2D eigenvalue weighted by Gasteiger charge is 2.10. The van der Waals surface area contributed by atoms with Crippen LogP contribution >= 0.6 is 0 Å². The number of nitrogens with one attached hydrogen (secondary N) is 3. The van der Waals surface area contributed by atoms with Gasteiger partial charge in [-0.1, -0.05) is 0 Å². The fourth-order valence-electron chi connectivity index (χ4n) is 1.07. The monoisotopic (exact) mass is 207 g/mol. The zero-order valence-corrected chi connectivity index (χ0v) is 7.98. The second-order valence-corrected chi connectivity index (χ2v) is 2.94. The van der Waals surface area contributed by atoms with Crippen LogP contribution in [0.25, 0.3) is 0 Å². The van der Waals surface area contributed by atoms with E-state index >= 15 is 0 Å². The molecule has 2 aromatic heterocycles. The molecule has 2 rings (SSSR count). The fraction of sp³-hybridized carbons (Fsp3) is 0.286. The van der Waals surface area contributed by atoms with Gasteiger partial charge in [-0.2, -0.15) is 10.3 Å². The lowest BCUT2D eigenvalue weighted by Crippen LogP contribution is -2.24. The summed E-state index contributed by atoms with van der Waals surface area (Å²) in [5, 5.41) is 21.9. The lowest BCUT2D eigenvalue weighted by Gasteiger charge is -2.00. The minimum atomic E-state index is -0.371. The molecule has 0 spiro atoms. The molecular weight excluding hydrogens is 198 g/mol. The Bertz CT molecular complexity index is 446. The minimum Gasteiger partial charge on any atom is -0.345 e. The number of carbonyl (C=O) groups excluding carboxylic acids is 1. The van der Waals surface area contributed by atoms with Gasteiger partial charge >= 0.3 is 0 Å². The molecule has 3 N–H and O–H groups in total. The summed E-state index contributed by atoms with van der Waals surface area (Å²) in [5.41, 5.74) is 1.84. The van der Waals surface area contributed by atoms with Gasteiger partial charge in [-0.3, -0.25) is 9.89 Å². The summed E-state index contributed by atoms with van der Waals surface area (Å²) >= 11 is 0. The highest BCUT2D eigenvalue weighted by atomic mass is 16.2. The molecule has 15 heavy (non-hydrogen) atoms. The number of tetrazole rings is 1. The molecule has 2 aromatic rings. The summed E-state index contributed by atoms with van der Waals surface area (Å²) in [6.07, 6.45) is 1.66. The molecule has 2 heterocycles. The summed E-state index contributed by atoms with van der Waals surface area (Å²) in [5.74, 6) is -0.347. The Morgan fingerprint density at radius 2 is 2.47 bits per heavy atom. The smallest absolute Gasteiger partial charge is 0.293 e. The van der Waals surface area contributed by atoms with E-state index in [1.165, 1.54) is 0 Å². The van der Waals surface area contributed by atoms with Crippen molar-refractivity contribution in [3.63, 3.8) is 0 Å². The Labute approximate surface area is 84.5 Å². The summed E-state index contributed by atoms with van der Waals surface area (Å²) in [6.45, 7) is 2.26. The Morgan fingerprint density at radius 3 is 3.07 bits per heavy atom. The van der Waals surface area contributed by atoms with Crippen molar-refractivity contribution < 1.29 is 4.79 Å². The number of aryl methyl sites for hydroxylation is 1. The lowest BCUT2D eigenvalue weighted by atomic mass is 10.2. The van der Waals surface area contributed by atoms with Crippen LogP contribution < -0.4 is 5.32 Å². The maximum absolute atomic E-state index is 11.4. The zero-order valence-electron chi connectivity index (χ0n) is 7.98. The Morgan fingerprint density at radius 1 is 1.60 bits per heavy atom. The van der Waals surface area contributed by atoms with Crippen LogP contribution in [0, 0.1) is 6.92 Å². The van der Waals surface area contributed by atoms with Crippen molar-refractivity contribution >= 4 is 5.91 Å². The van der Waals surface area contributed by atoms with E-state index in [2.05, 4.69) is 36.1 Å². The molecule has 8 nitrogen and oxygen atoms in total. The van der Waals surface area contributed by atoms with Crippen molar-refractivity contribution in [2.45, 2.75) is 13.5 Å². The zero-order chi connectivity index (χ0) is 10.7. The molecular formula is C7H9N7O. The molecule has 0 aliphatic rings. The predicted octanol–water partition coefficient (Wildman–Crippen LogP) is -0.839. The third-order valence-electron chi connectivity index (χ3n) is 1.92. The Kier molecular flexibility index (Phi) is 2.40. The van der Waals surface area contributed by atoms with Crippen LogP contribution in [-0.2, 0) is 6.54 Å². The number of nitrogens with zero attached hydrogens (tertiary/aromatic N) is 4. The fourth-order valence-corrected chi connectivity index (χ4v) is 1.07. The molecule has 0 atom stereocenters. The normalized spacial score (nSPS) is 10.2. The molecule has 0 aromatic carbocycles. The van der Waals surface area contributed by atoms with Crippen LogP contribution in [0.1, 0.15) is 21.9 Å². The van der Waals surface area contributed by atoms with Gasteiger partial charge in [0.05, 0.1) is 6.20 Å². The van der Waals surface area contributed by atoms with Crippen molar-refractivity contribution in [2.24, 2.45) is 0 Å². The van der Waals surface area contributed by atoms with Gasteiger partial charge < -0.3 is 5.32 Å². The number of H-pyrrole nitrogens is 2. The van der Waals surface area contributed by atoms with Crippen LogP contribution in [0.4, 0.5) is 0 Å². The van der Waals surface area contributed by atoms with Crippen molar-refractivity contribution in [1.82, 2.24) is 36.1 Å². The standard InChI is InChI=1S/C7H9N7O/c1-4-5(3-9-10-4)2-8-7(15)6-11-13-14-12-6/h3H,2H2,1H3,(H,8,15)(H,9,10)(H,11,12,13,14). The molecule has 0 fully saturated rings. The average Bonchev–Trinajstić information content (AvgIpc) is 2.85. The average molecular weight is 207 g/mol. The van der Waals surface area contributed by atoms with E-state index in [4.69, 9.17) is 0 Å². The van der Waals surface area contributed by atoms with Gasteiger partial charge in [-0.25, -0.2) is 0 Å². The van der Waals surface area contributed by atoms with Gasteiger partial charge in [-0.05, 0) is 12.1 Å². The van der Waals surface area contributed by atoms with E-state index in [1.807, 2.05) is 6.92 Å². The van der Waals surface area contributed by atoms with Gasteiger partial charge in [-0.15, -0.1) is 10.2 Å². The van der Waals surface area contributed by atoms with E-state index in [-0.39, 0.29) is 11.7 Å². The third-order valence-corrected chi connectivity index (χ3v) is 1.92. The second kappa shape index (κ2) is 3.86. The number of hydrogen-bond donors (Lipinski definition) is 3. The van der Waals surface area contributed by atoms with Crippen LogP contribution in [0.3, 0.4) is 0 Å². The van der Waals surface area contributed by atoms with Crippen LogP contribution in [0.15, 0.2) is 6.20 Å². The number of hydrogen-bond acceptors (Lipinski definition) is 5. The first-order valence-corrected chi connectivity index (χ1v) is 4.28. The maximum Gasteiger partial charge on any atom is 0.293 e. The number of carbonyl (C=O) groups is 1. The highest BCUT2D eigenvalue weighted by molar-refractivity contribution is 5.89. The number of aromatic nitrogens is 6. The van der Waals surface area contributed by atoms with Crippen molar-refractivity contribution in [1.29, 1.82) is 0 Å². The summed E-state index contributed by atoms with van der Waals surface area (Å²) in [4.78, 5) is 11.4. The first-order valence-electron chi connectivity index (χ1n) is 4.28. The summed E-state index contributed by atoms with van der Waals surface area (Å²) < 4.78 is 0. The number of rotatable bonds is 3. The molecule has 0 bridgehead atoms. The molecule has 1 amide bonds. The Hall–Kier alpha value is -2.25.